The molecule has 2 aliphatic heterocycles. The molecular weight excluding hydrogens is 320 g/mol. The average molecular weight is 344 g/mol. The van der Waals surface area contributed by atoms with Crippen molar-refractivity contribution in [1.82, 2.24) is 20.1 Å². The summed E-state index contributed by atoms with van der Waals surface area (Å²) in [4.78, 5) is 1.37. The molecule has 5 nitrogen and oxygen atoms in total. The predicted octanol–water partition coefficient (Wildman–Crippen LogP) is 3.34. The van der Waals surface area contributed by atoms with E-state index < -0.39 is 0 Å². The minimum absolute atomic E-state index is 0.349. The zero-order valence-electron chi connectivity index (χ0n) is 14.1. The summed E-state index contributed by atoms with van der Waals surface area (Å²) in [7, 11) is 1.73. The number of thioether (sulfide) groups is 1. The lowest BCUT2D eigenvalue weighted by atomic mass is 10.0. The second kappa shape index (κ2) is 7.15. The Morgan fingerprint density at radius 1 is 1.29 bits per heavy atom. The van der Waals surface area contributed by atoms with Crippen molar-refractivity contribution in [1.29, 1.82) is 0 Å². The largest absolute Gasteiger partial charge is 0.497 e. The summed E-state index contributed by atoms with van der Waals surface area (Å²) in [6.45, 7) is 1.84. The third-order valence-electron chi connectivity index (χ3n) is 4.93. The van der Waals surface area contributed by atoms with Gasteiger partial charge >= 0.3 is 0 Å². The molecule has 1 aromatic carbocycles. The van der Waals surface area contributed by atoms with Gasteiger partial charge in [0.2, 0.25) is 0 Å². The normalized spacial score (nSPS) is 20.1. The Balaban J connectivity index is 1.53. The van der Waals surface area contributed by atoms with Crippen LogP contribution < -0.4 is 10.1 Å². The van der Waals surface area contributed by atoms with Gasteiger partial charge in [0.05, 0.1) is 13.7 Å². The molecule has 128 valence electrons. The van der Waals surface area contributed by atoms with Gasteiger partial charge < -0.3 is 14.6 Å². The Morgan fingerprint density at radius 3 is 3.17 bits per heavy atom. The first-order valence-electron chi connectivity index (χ1n) is 8.80. The highest BCUT2D eigenvalue weighted by Gasteiger charge is 2.21. The molecule has 0 bridgehead atoms. The topological polar surface area (TPSA) is 52.0 Å². The number of ether oxygens (including phenoxy) is 1. The highest BCUT2D eigenvalue weighted by molar-refractivity contribution is 7.99. The van der Waals surface area contributed by atoms with E-state index in [2.05, 4.69) is 38.3 Å². The van der Waals surface area contributed by atoms with Crippen molar-refractivity contribution in [2.24, 2.45) is 0 Å². The molecule has 0 saturated heterocycles. The van der Waals surface area contributed by atoms with Crippen molar-refractivity contribution in [2.75, 3.05) is 12.9 Å². The van der Waals surface area contributed by atoms with Crippen molar-refractivity contribution in [3.8, 4) is 5.75 Å². The summed E-state index contributed by atoms with van der Waals surface area (Å²) in [5, 5.41) is 12.5. The first-order chi connectivity index (χ1) is 11.8. The van der Waals surface area contributed by atoms with E-state index in [1.165, 1.54) is 35.5 Å². The van der Waals surface area contributed by atoms with Crippen molar-refractivity contribution in [2.45, 2.75) is 56.1 Å². The quantitative estimate of drug-likeness (QED) is 0.922. The summed E-state index contributed by atoms with van der Waals surface area (Å²) in [5.41, 5.74) is 1.36. The second-order valence-corrected chi connectivity index (χ2v) is 7.61. The van der Waals surface area contributed by atoms with Crippen molar-refractivity contribution in [3.63, 3.8) is 0 Å². The molecule has 1 atom stereocenters. The van der Waals surface area contributed by atoms with Crippen molar-refractivity contribution >= 4 is 11.8 Å². The molecule has 0 spiro atoms. The predicted molar refractivity (Wildman–Crippen MR) is 95.5 cm³/mol. The van der Waals surface area contributed by atoms with Crippen LogP contribution >= 0.6 is 11.8 Å². The summed E-state index contributed by atoms with van der Waals surface area (Å²) >= 11 is 1.95. The van der Waals surface area contributed by atoms with E-state index in [-0.39, 0.29) is 0 Å². The molecule has 0 unspecified atom stereocenters. The Labute approximate surface area is 147 Å². The van der Waals surface area contributed by atoms with Crippen molar-refractivity contribution < 1.29 is 4.74 Å². The van der Waals surface area contributed by atoms with Crippen LogP contribution in [0.3, 0.4) is 0 Å². The molecule has 1 aromatic heterocycles. The van der Waals surface area contributed by atoms with E-state index >= 15 is 0 Å². The maximum Gasteiger partial charge on any atom is 0.147 e. The van der Waals surface area contributed by atoms with E-state index in [0.717, 1.165) is 43.3 Å². The van der Waals surface area contributed by atoms with Crippen LogP contribution in [0.2, 0.25) is 0 Å². The fourth-order valence-corrected chi connectivity index (χ4v) is 4.67. The van der Waals surface area contributed by atoms with Crippen LogP contribution in [0.5, 0.6) is 5.75 Å². The molecule has 0 aliphatic carbocycles. The minimum atomic E-state index is 0.349. The molecule has 1 N–H and O–H groups in total. The zero-order chi connectivity index (χ0) is 16.4. The highest BCUT2D eigenvalue weighted by Crippen LogP contribution is 2.37. The van der Waals surface area contributed by atoms with Gasteiger partial charge in [-0.15, -0.1) is 22.0 Å². The summed E-state index contributed by atoms with van der Waals surface area (Å²) in [6, 6.07) is 6.78. The lowest BCUT2D eigenvalue weighted by molar-refractivity contribution is 0.410. The van der Waals surface area contributed by atoms with Gasteiger partial charge in [-0.25, -0.2) is 0 Å². The number of nitrogens with one attached hydrogen (secondary N) is 1. The Morgan fingerprint density at radius 2 is 2.25 bits per heavy atom. The molecule has 3 heterocycles. The zero-order valence-corrected chi connectivity index (χ0v) is 14.9. The first kappa shape index (κ1) is 16.0. The van der Waals surface area contributed by atoms with Gasteiger partial charge in [0.25, 0.3) is 0 Å². The number of rotatable bonds is 4. The molecule has 2 aliphatic rings. The SMILES string of the molecule is COc1ccc2c(c1)[C@H](NCc1nnc3n1CCCC3)CCCS2. The van der Waals surface area contributed by atoms with Crippen LogP contribution in [-0.4, -0.2) is 27.6 Å². The van der Waals surface area contributed by atoms with Crippen LogP contribution in [0, 0.1) is 0 Å². The number of nitrogens with zero attached hydrogens (tertiary/aromatic N) is 3. The Bertz CT molecular complexity index is 715. The molecule has 2 aromatic rings. The van der Waals surface area contributed by atoms with Crippen LogP contribution in [0.1, 0.15) is 48.9 Å². The lowest BCUT2D eigenvalue weighted by Crippen LogP contribution is -2.24. The molecule has 0 radical (unpaired) electrons. The molecule has 0 amide bonds. The number of benzene rings is 1. The number of hydrogen-bond acceptors (Lipinski definition) is 5. The van der Waals surface area contributed by atoms with Gasteiger partial charge in [0, 0.05) is 23.9 Å². The second-order valence-electron chi connectivity index (χ2n) is 6.47. The molecule has 24 heavy (non-hydrogen) atoms. The monoisotopic (exact) mass is 344 g/mol. The number of aryl methyl sites for hydroxylation is 1. The number of hydrogen-bond donors (Lipinski definition) is 1. The van der Waals surface area contributed by atoms with E-state index in [0.29, 0.717) is 6.04 Å². The minimum Gasteiger partial charge on any atom is -0.497 e. The van der Waals surface area contributed by atoms with E-state index in [4.69, 9.17) is 4.74 Å². The van der Waals surface area contributed by atoms with Gasteiger partial charge in [-0.3, -0.25) is 0 Å². The van der Waals surface area contributed by atoms with Crippen LogP contribution in [0.4, 0.5) is 0 Å². The van der Waals surface area contributed by atoms with Crippen LogP contribution in [0.15, 0.2) is 23.1 Å². The standard InChI is InChI=1S/C18H24N4OS/c1-23-13-7-8-16-14(11-13)15(5-4-10-24-16)19-12-18-21-20-17-6-2-3-9-22(17)18/h7-8,11,15,19H,2-6,9-10,12H2,1H3/t15-/m1/s1. The maximum atomic E-state index is 5.43. The Hall–Kier alpha value is -1.53. The van der Waals surface area contributed by atoms with Gasteiger partial charge in [0.15, 0.2) is 0 Å². The maximum absolute atomic E-state index is 5.43. The number of aromatic nitrogens is 3. The summed E-state index contributed by atoms with van der Waals surface area (Å²) < 4.78 is 7.73. The fraction of sp³-hybridized carbons (Fsp3) is 0.556. The van der Waals surface area contributed by atoms with Gasteiger partial charge in [-0.1, -0.05) is 0 Å². The van der Waals surface area contributed by atoms with Gasteiger partial charge in [0.1, 0.15) is 17.4 Å². The van der Waals surface area contributed by atoms with Gasteiger partial charge in [-0.05, 0) is 55.2 Å². The molecular formula is C18H24N4OS. The average Bonchev–Trinajstić information content (AvgIpc) is 2.93. The fourth-order valence-electron chi connectivity index (χ4n) is 3.61. The van der Waals surface area contributed by atoms with E-state index in [9.17, 15) is 0 Å². The third kappa shape index (κ3) is 3.17. The first-order valence-corrected chi connectivity index (χ1v) is 9.79. The number of fused-ring (bicyclic) bond motifs is 2. The third-order valence-corrected chi connectivity index (χ3v) is 6.11. The van der Waals surface area contributed by atoms with Gasteiger partial charge in [-0.2, -0.15) is 0 Å². The molecule has 0 fully saturated rings. The molecule has 0 saturated carbocycles. The smallest absolute Gasteiger partial charge is 0.147 e. The van der Waals surface area contributed by atoms with Crippen LogP contribution in [0.25, 0.3) is 0 Å². The molecule has 4 rings (SSSR count). The summed E-state index contributed by atoms with van der Waals surface area (Å²) in [5.74, 6) is 4.34. The Kier molecular flexibility index (Phi) is 4.76. The van der Waals surface area contributed by atoms with E-state index in [1.54, 1.807) is 7.11 Å². The summed E-state index contributed by atoms with van der Waals surface area (Å²) in [6.07, 6.45) is 5.90. The van der Waals surface area contributed by atoms with Crippen molar-refractivity contribution in [3.05, 3.63) is 35.4 Å². The highest BCUT2D eigenvalue weighted by atomic mass is 32.2. The molecule has 6 heteroatoms. The van der Waals surface area contributed by atoms with Crippen LogP contribution in [-0.2, 0) is 19.5 Å². The number of methoxy groups -OCH3 is 1. The van der Waals surface area contributed by atoms with E-state index in [1.807, 2.05) is 11.8 Å². The lowest BCUT2D eigenvalue weighted by Gasteiger charge is -2.20.